The van der Waals surface area contributed by atoms with Gasteiger partial charge in [0.1, 0.15) is 0 Å². The first-order chi connectivity index (χ1) is 9.47. The summed E-state index contributed by atoms with van der Waals surface area (Å²) in [5, 5.41) is 0. The summed E-state index contributed by atoms with van der Waals surface area (Å²) in [7, 11) is -3.60. The maximum absolute atomic E-state index is 12.4. The standard InChI is InChI=1S/C15H19NO3S/c1-4-11-16(12-5-2)20(18,19)14-9-7-13(8-10-14)15(17)6-3/h4-5,7-10H,1-2,6,11-12H2,3H3. The van der Waals surface area contributed by atoms with Gasteiger partial charge >= 0.3 is 0 Å². The van der Waals surface area contributed by atoms with Crippen molar-refractivity contribution in [3.63, 3.8) is 0 Å². The lowest BCUT2D eigenvalue weighted by molar-refractivity contribution is 0.0988. The van der Waals surface area contributed by atoms with Crippen molar-refractivity contribution in [1.82, 2.24) is 4.31 Å². The van der Waals surface area contributed by atoms with E-state index in [0.717, 1.165) is 0 Å². The van der Waals surface area contributed by atoms with Gasteiger partial charge in [0.2, 0.25) is 10.0 Å². The van der Waals surface area contributed by atoms with E-state index in [-0.39, 0.29) is 23.8 Å². The van der Waals surface area contributed by atoms with Gasteiger partial charge in [-0.1, -0.05) is 31.2 Å². The second-order valence-corrected chi connectivity index (χ2v) is 6.14. The number of rotatable bonds is 8. The van der Waals surface area contributed by atoms with Crippen molar-refractivity contribution in [2.45, 2.75) is 18.2 Å². The minimum atomic E-state index is -3.60. The minimum Gasteiger partial charge on any atom is -0.294 e. The third-order valence-corrected chi connectivity index (χ3v) is 4.65. The summed E-state index contributed by atoms with van der Waals surface area (Å²) in [4.78, 5) is 11.7. The zero-order chi connectivity index (χ0) is 15.2. The van der Waals surface area contributed by atoms with Gasteiger partial charge in [0.25, 0.3) is 0 Å². The van der Waals surface area contributed by atoms with E-state index in [1.54, 1.807) is 19.1 Å². The Morgan fingerprint density at radius 2 is 1.65 bits per heavy atom. The first-order valence-electron chi connectivity index (χ1n) is 6.32. The van der Waals surface area contributed by atoms with Gasteiger partial charge in [0.05, 0.1) is 4.90 Å². The van der Waals surface area contributed by atoms with Gasteiger partial charge in [0, 0.05) is 25.1 Å². The van der Waals surface area contributed by atoms with Crippen LogP contribution in [0.3, 0.4) is 0 Å². The molecule has 0 bridgehead atoms. The lowest BCUT2D eigenvalue weighted by Crippen LogP contribution is -2.31. The van der Waals surface area contributed by atoms with Crippen LogP contribution < -0.4 is 0 Å². The zero-order valence-electron chi connectivity index (χ0n) is 11.6. The third kappa shape index (κ3) is 3.65. The Kier molecular flexibility index (Phi) is 5.85. The van der Waals surface area contributed by atoms with E-state index in [1.165, 1.54) is 28.6 Å². The predicted molar refractivity (Wildman–Crippen MR) is 80.2 cm³/mol. The van der Waals surface area contributed by atoms with Crippen molar-refractivity contribution in [1.29, 1.82) is 0 Å². The lowest BCUT2D eigenvalue weighted by atomic mass is 10.1. The molecule has 0 fully saturated rings. The quantitative estimate of drug-likeness (QED) is 0.547. The molecule has 0 saturated carbocycles. The summed E-state index contributed by atoms with van der Waals surface area (Å²) in [6.45, 7) is 9.30. The van der Waals surface area contributed by atoms with Crippen LogP contribution in [0.15, 0.2) is 54.5 Å². The molecule has 0 unspecified atom stereocenters. The van der Waals surface area contributed by atoms with E-state index < -0.39 is 10.0 Å². The van der Waals surface area contributed by atoms with E-state index in [4.69, 9.17) is 0 Å². The Bertz CT molecular complexity index is 578. The molecule has 1 aromatic carbocycles. The van der Waals surface area contributed by atoms with Crippen LogP contribution in [0, 0.1) is 0 Å². The monoisotopic (exact) mass is 293 g/mol. The maximum atomic E-state index is 12.4. The fraction of sp³-hybridized carbons (Fsp3) is 0.267. The summed E-state index contributed by atoms with van der Waals surface area (Å²) in [5.41, 5.74) is 0.519. The molecule has 0 spiro atoms. The Morgan fingerprint density at radius 1 is 1.15 bits per heavy atom. The Labute approximate surface area is 120 Å². The van der Waals surface area contributed by atoms with Gasteiger partial charge in [0.15, 0.2) is 5.78 Å². The number of sulfonamides is 1. The number of nitrogens with zero attached hydrogens (tertiary/aromatic N) is 1. The zero-order valence-corrected chi connectivity index (χ0v) is 12.4. The SMILES string of the molecule is C=CCN(CC=C)S(=O)(=O)c1ccc(C(=O)CC)cc1. The van der Waals surface area contributed by atoms with E-state index in [0.29, 0.717) is 12.0 Å². The molecule has 108 valence electrons. The van der Waals surface area contributed by atoms with Crippen LogP contribution >= 0.6 is 0 Å². The largest absolute Gasteiger partial charge is 0.294 e. The Hall–Kier alpha value is -1.72. The summed E-state index contributed by atoms with van der Waals surface area (Å²) < 4.78 is 26.1. The second kappa shape index (κ2) is 7.17. The van der Waals surface area contributed by atoms with Crippen LogP contribution in [-0.4, -0.2) is 31.6 Å². The number of hydrogen-bond acceptors (Lipinski definition) is 3. The highest BCUT2D eigenvalue weighted by atomic mass is 32.2. The van der Waals surface area contributed by atoms with E-state index >= 15 is 0 Å². The molecule has 4 nitrogen and oxygen atoms in total. The predicted octanol–water partition coefficient (Wildman–Crippen LogP) is 2.64. The molecule has 1 rings (SSSR count). The van der Waals surface area contributed by atoms with Crippen molar-refractivity contribution >= 4 is 15.8 Å². The summed E-state index contributed by atoms with van der Waals surface area (Å²) in [5.74, 6) is -0.0111. The molecule has 0 N–H and O–H groups in total. The first kappa shape index (κ1) is 16.3. The van der Waals surface area contributed by atoms with Crippen LogP contribution in [0.25, 0.3) is 0 Å². The highest BCUT2D eigenvalue weighted by Crippen LogP contribution is 2.17. The molecule has 0 radical (unpaired) electrons. The van der Waals surface area contributed by atoms with Crippen LogP contribution in [0.5, 0.6) is 0 Å². The number of ketones is 1. The summed E-state index contributed by atoms with van der Waals surface area (Å²) in [6, 6.07) is 5.99. The molecular weight excluding hydrogens is 274 g/mol. The Morgan fingerprint density at radius 3 is 2.05 bits per heavy atom. The van der Waals surface area contributed by atoms with Gasteiger partial charge < -0.3 is 0 Å². The minimum absolute atomic E-state index is 0.0111. The van der Waals surface area contributed by atoms with Crippen molar-refractivity contribution in [3.05, 3.63) is 55.1 Å². The number of Topliss-reactive ketones (excluding diaryl/α,β-unsaturated/α-hetero) is 1. The molecule has 0 heterocycles. The lowest BCUT2D eigenvalue weighted by Gasteiger charge is -2.19. The van der Waals surface area contributed by atoms with Gasteiger partial charge in [-0.3, -0.25) is 4.79 Å². The van der Waals surface area contributed by atoms with Crippen molar-refractivity contribution in [2.75, 3.05) is 13.1 Å². The fourth-order valence-corrected chi connectivity index (χ4v) is 3.11. The van der Waals surface area contributed by atoms with Crippen molar-refractivity contribution < 1.29 is 13.2 Å². The summed E-state index contributed by atoms with van der Waals surface area (Å²) >= 11 is 0. The maximum Gasteiger partial charge on any atom is 0.243 e. The van der Waals surface area contributed by atoms with Gasteiger partial charge in [-0.2, -0.15) is 4.31 Å². The van der Waals surface area contributed by atoms with Gasteiger partial charge in [-0.05, 0) is 12.1 Å². The molecule has 0 atom stereocenters. The fourth-order valence-electron chi connectivity index (χ4n) is 1.72. The average molecular weight is 293 g/mol. The number of benzene rings is 1. The second-order valence-electron chi connectivity index (χ2n) is 4.20. The topological polar surface area (TPSA) is 54.5 Å². The van der Waals surface area contributed by atoms with Crippen LogP contribution in [0.4, 0.5) is 0 Å². The van der Waals surface area contributed by atoms with Gasteiger partial charge in [-0.25, -0.2) is 8.42 Å². The highest BCUT2D eigenvalue weighted by Gasteiger charge is 2.22. The molecule has 0 aliphatic heterocycles. The Balaban J connectivity index is 3.11. The molecular formula is C15H19NO3S. The van der Waals surface area contributed by atoms with E-state index in [9.17, 15) is 13.2 Å². The molecule has 0 aliphatic rings. The van der Waals surface area contributed by atoms with E-state index in [1.807, 2.05) is 0 Å². The smallest absolute Gasteiger partial charge is 0.243 e. The molecule has 0 aromatic heterocycles. The van der Waals surface area contributed by atoms with Crippen LogP contribution in [0.1, 0.15) is 23.7 Å². The molecule has 0 aliphatic carbocycles. The van der Waals surface area contributed by atoms with Crippen molar-refractivity contribution in [2.24, 2.45) is 0 Å². The van der Waals surface area contributed by atoms with Crippen LogP contribution in [-0.2, 0) is 10.0 Å². The van der Waals surface area contributed by atoms with Crippen molar-refractivity contribution in [3.8, 4) is 0 Å². The molecule has 0 amide bonds. The molecule has 1 aromatic rings. The average Bonchev–Trinajstić information content (AvgIpc) is 2.46. The number of carbonyl (C=O) groups excluding carboxylic acids is 1. The normalized spacial score (nSPS) is 11.3. The van der Waals surface area contributed by atoms with E-state index in [2.05, 4.69) is 13.2 Å². The third-order valence-electron chi connectivity index (χ3n) is 2.80. The molecule has 20 heavy (non-hydrogen) atoms. The first-order valence-corrected chi connectivity index (χ1v) is 7.76. The molecule has 0 saturated heterocycles. The van der Waals surface area contributed by atoms with Crippen LogP contribution in [0.2, 0.25) is 0 Å². The number of hydrogen-bond donors (Lipinski definition) is 0. The number of carbonyl (C=O) groups is 1. The summed E-state index contributed by atoms with van der Waals surface area (Å²) in [6.07, 6.45) is 3.44. The highest BCUT2D eigenvalue weighted by molar-refractivity contribution is 7.89. The van der Waals surface area contributed by atoms with Gasteiger partial charge in [-0.15, -0.1) is 13.2 Å². The molecule has 5 heteroatoms.